The van der Waals surface area contributed by atoms with E-state index in [-0.39, 0.29) is 18.5 Å². The molecule has 1 aliphatic heterocycles. The number of rotatable bonds is 2. The number of imide groups is 1. The molecule has 1 heterocycles. The van der Waals surface area contributed by atoms with Crippen molar-refractivity contribution in [2.75, 3.05) is 5.32 Å². The third kappa shape index (κ3) is 3.21. The maximum absolute atomic E-state index is 13.2. The predicted octanol–water partition coefficient (Wildman–Crippen LogP) is 3.50. The average molecular weight is 382 g/mol. The van der Waals surface area contributed by atoms with Crippen LogP contribution in [0.15, 0.2) is 24.3 Å². The molecule has 2 bridgehead atoms. The van der Waals surface area contributed by atoms with E-state index in [0.717, 1.165) is 6.07 Å². The van der Waals surface area contributed by atoms with Gasteiger partial charge in [-0.05, 0) is 31.4 Å². The van der Waals surface area contributed by atoms with Gasteiger partial charge in [0.15, 0.2) is 0 Å². The van der Waals surface area contributed by atoms with Gasteiger partial charge in [-0.3, -0.25) is 19.7 Å². The van der Waals surface area contributed by atoms with E-state index in [0.29, 0.717) is 6.42 Å². The van der Waals surface area contributed by atoms with E-state index >= 15 is 0 Å². The second-order valence-corrected chi connectivity index (χ2v) is 8.49. The highest BCUT2D eigenvalue weighted by Crippen LogP contribution is 2.57. The van der Waals surface area contributed by atoms with Crippen molar-refractivity contribution in [3.8, 4) is 0 Å². The molecule has 0 spiro atoms. The zero-order valence-corrected chi connectivity index (χ0v) is 15.3. The van der Waals surface area contributed by atoms with Crippen LogP contribution in [0.4, 0.5) is 18.9 Å². The number of fused-ring (bicyclic) bond motifs is 2. The summed E-state index contributed by atoms with van der Waals surface area (Å²) in [4.78, 5) is 37.6. The third-order valence-electron chi connectivity index (χ3n) is 5.69. The molecule has 8 heteroatoms. The standard InChI is InChI=1S/C19H21F3N2O3/c1-16(8-17(2)10-18(3,9-16)15(27)24-14(17)26)13(25)23-12-7-5-4-6-11(12)19(20,21)22/h4-7H,8-10H2,1-3H3,(H,23,25)(H,24,26,27). The van der Waals surface area contributed by atoms with Crippen molar-refractivity contribution in [1.29, 1.82) is 0 Å². The highest BCUT2D eigenvalue weighted by atomic mass is 19.4. The first-order valence-electron chi connectivity index (χ1n) is 8.63. The second-order valence-electron chi connectivity index (χ2n) is 8.49. The molecule has 1 saturated carbocycles. The molecule has 3 rings (SSSR count). The molecule has 1 aromatic carbocycles. The smallest absolute Gasteiger partial charge is 0.325 e. The van der Waals surface area contributed by atoms with Gasteiger partial charge >= 0.3 is 6.18 Å². The van der Waals surface area contributed by atoms with Gasteiger partial charge in [-0.25, -0.2) is 0 Å². The Hall–Kier alpha value is -2.38. The summed E-state index contributed by atoms with van der Waals surface area (Å²) in [6.07, 6.45) is -4.00. The number of benzene rings is 1. The summed E-state index contributed by atoms with van der Waals surface area (Å²) in [5, 5.41) is 4.74. The Labute approximate surface area is 154 Å². The Morgan fingerprint density at radius 1 is 1.00 bits per heavy atom. The monoisotopic (exact) mass is 382 g/mol. The van der Waals surface area contributed by atoms with Gasteiger partial charge in [0.2, 0.25) is 17.7 Å². The summed E-state index contributed by atoms with van der Waals surface area (Å²) >= 11 is 0. The molecule has 0 aromatic heterocycles. The molecule has 0 radical (unpaired) electrons. The molecule has 2 atom stereocenters. The molecule has 27 heavy (non-hydrogen) atoms. The van der Waals surface area contributed by atoms with Gasteiger partial charge in [-0.1, -0.05) is 32.9 Å². The van der Waals surface area contributed by atoms with Crippen molar-refractivity contribution in [1.82, 2.24) is 5.32 Å². The fourth-order valence-corrected chi connectivity index (χ4v) is 4.77. The highest BCUT2D eigenvalue weighted by Gasteiger charge is 2.60. The lowest BCUT2D eigenvalue weighted by molar-refractivity contribution is -0.163. The number of hydrogen-bond donors (Lipinski definition) is 2. The van der Waals surface area contributed by atoms with E-state index in [4.69, 9.17) is 0 Å². The second kappa shape index (κ2) is 5.81. The SMILES string of the molecule is CC12CC(C)(CC(C)(C(=O)Nc3ccccc3C(F)(F)F)C1)C(=O)NC2=O. The number of alkyl halides is 3. The van der Waals surface area contributed by atoms with Crippen LogP contribution in [0.3, 0.4) is 0 Å². The first-order valence-corrected chi connectivity index (χ1v) is 8.63. The van der Waals surface area contributed by atoms with Gasteiger partial charge in [0.25, 0.3) is 0 Å². The molecule has 1 saturated heterocycles. The Morgan fingerprint density at radius 3 is 2.04 bits per heavy atom. The number of amides is 3. The molecular weight excluding hydrogens is 361 g/mol. The summed E-state index contributed by atoms with van der Waals surface area (Å²) < 4.78 is 39.6. The van der Waals surface area contributed by atoms with Gasteiger partial charge in [-0.2, -0.15) is 13.2 Å². The van der Waals surface area contributed by atoms with Gasteiger partial charge in [-0.15, -0.1) is 0 Å². The van der Waals surface area contributed by atoms with Crippen molar-refractivity contribution in [2.24, 2.45) is 16.2 Å². The van der Waals surface area contributed by atoms with Crippen LogP contribution in [-0.4, -0.2) is 17.7 Å². The zero-order valence-electron chi connectivity index (χ0n) is 15.3. The number of anilines is 1. The van der Waals surface area contributed by atoms with Crippen molar-refractivity contribution in [3.63, 3.8) is 0 Å². The number of nitrogens with one attached hydrogen (secondary N) is 2. The zero-order chi connectivity index (χ0) is 20.3. The highest BCUT2D eigenvalue weighted by molar-refractivity contribution is 6.05. The van der Waals surface area contributed by atoms with Crippen LogP contribution in [0, 0.1) is 16.2 Å². The van der Waals surface area contributed by atoms with Gasteiger partial charge in [0.05, 0.1) is 11.3 Å². The van der Waals surface area contributed by atoms with Gasteiger partial charge in [0.1, 0.15) is 0 Å². The number of piperidine rings is 1. The molecule has 1 aromatic rings. The van der Waals surface area contributed by atoms with Crippen LogP contribution in [0.2, 0.25) is 0 Å². The lowest BCUT2D eigenvalue weighted by Gasteiger charge is -2.53. The van der Waals surface area contributed by atoms with Gasteiger partial charge in [0, 0.05) is 16.2 Å². The fourth-order valence-electron chi connectivity index (χ4n) is 4.77. The molecule has 2 N–H and O–H groups in total. The number of carbonyl (C=O) groups excluding carboxylic acids is 3. The van der Waals surface area contributed by atoms with Crippen molar-refractivity contribution in [2.45, 2.75) is 46.2 Å². The van der Waals surface area contributed by atoms with E-state index in [1.165, 1.54) is 18.2 Å². The summed E-state index contributed by atoms with van der Waals surface area (Å²) in [6.45, 7) is 4.96. The van der Waals surface area contributed by atoms with E-state index in [1.54, 1.807) is 20.8 Å². The maximum Gasteiger partial charge on any atom is 0.418 e. The van der Waals surface area contributed by atoms with Crippen LogP contribution < -0.4 is 10.6 Å². The Bertz CT molecular complexity index is 808. The van der Waals surface area contributed by atoms with E-state index in [1.807, 2.05) is 0 Å². The maximum atomic E-state index is 13.2. The lowest BCUT2D eigenvalue weighted by atomic mass is 9.52. The number of carbonyl (C=O) groups is 3. The molecule has 2 unspecified atom stereocenters. The Morgan fingerprint density at radius 2 is 1.52 bits per heavy atom. The molecule has 1 aliphatic carbocycles. The third-order valence-corrected chi connectivity index (χ3v) is 5.69. The molecule has 146 valence electrons. The first kappa shape index (κ1) is 19.4. The quantitative estimate of drug-likeness (QED) is 0.769. The first-order chi connectivity index (χ1) is 12.3. The number of halogens is 3. The summed E-state index contributed by atoms with van der Waals surface area (Å²) in [5.74, 6) is -1.52. The van der Waals surface area contributed by atoms with Crippen LogP contribution in [-0.2, 0) is 20.6 Å². The van der Waals surface area contributed by atoms with E-state index < -0.39 is 45.7 Å². The molecule has 5 nitrogen and oxygen atoms in total. The van der Waals surface area contributed by atoms with Crippen molar-refractivity contribution >= 4 is 23.4 Å². The van der Waals surface area contributed by atoms with Gasteiger partial charge < -0.3 is 5.32 Å². The van der Waals surface area contributed by atoms with Crippen LogP contribution >= 0.6 is 0 Å². The minimum absolute atomic E-state index is 0.148. The Kier molecular flexibility index (Phi) is 4.17. The molecule has 2 fully saturated rings. The van der Waals surface area contributed by atoms with E-state index in [2.05, 4.69) is 10.6 Å². The summed E-state index contributed by atoms with van der Waals surface area (Å²) in [7, 11) is 0. The van der Waals surface area contributed by atoms with Crippen LogP contribution in [0.5, 0.6) is 0 Å². The van der Waals surface area contributed by atoms with Crippen molar-refractivity contribution < 1.29 is 27.6 Å². The van der Waals surface area contributed by atoms with Crippen LogP contribution in [0.1, 0.15) is 45.6 Å². The summed E-state index contributed by atoms with van der Waals surface area (Å²) in [6, 6.07) is 4.74. The van der Waals surface area contributed by atoms with E-state index in [9.17, 15) is 27.6 Å². The minimum Gasteiger partial charge on any atom is -0.325 e. The molecule has 2 aliphatic rings. The molecule has 3 amide bonds. The number of para-hydroxylation sites is 1. The molecular formula is C19H21F3N2O3. The largest absolute Gasteiger partial charge is 0.418 e. The lowest BCUT2D eigenvalue weighted by Crippen LogP contribution is -2.63. The van der Waals surface area contributed by atoms with Crippen molar-refractivity contribution in [3.05, 3.63) is 29.8 Å². The Balaban J connectivity index is 1.94. The summed E-state index contributed by atoms with van der Waals surface area (Å²) in [5.41, 5.74) is -4.30. The normalized spacial score (nSPS) is 33.4. The minimum atomic E-state index is -4.61. The van der Waals surface area contributed by atoms with Crippen LogP contribution in [0.25, 0.3) is 0 Å². The number of hydrogen-bond acceptors (Lipinski definition) is 3. The topological polar surface area (TPSA) is 75.3 Å². The fraction of sp³-hybridized carbons (Fsp3) is 0.526. The predicted molar refractivity (Wildman–Crippen MR) is 91.4 cm³/mol. The average Bonchev–Trinajstić information content (AvgIpc) is 2.52.